The van der Waals surface area contributed by atoms with E-state index in [4.69, 9.17) is 4.74 Å². The Kier molecular flexibility index (Phi) is 14.5. The topological polar surface area (TPSA) is 80.9 Å². The molecule has 2 saturated heterocycles. The lowest BCUT2D eigenvalue weighted by Gasteiger charge is -2.37. The Morgan fingerprint density at radius 2 is 1.80 bits per heavy atom. The number of rotatable bonds is 6. The van der Waals surface area contributed by atoms with Crippen molar-refractivity contribution in [2.45, 2.75) is 103 Å². The summed E-state index contributed by atoms with van der Waals surface area (Å²) in [5, 5.41) is 5.58. The summed E-state index contributed by atoms with van der Waals surface area (Å²) in [7, 11) is 3.37. The second-order valence-electron chi connectivity index (χ2n) is 11.7. The molecule has 3 unspecified atom stereocenters. The summed E-state index contributed by atoms with van der Waals surface area (Å²) in [5.41, 5.74) is 7.58. The molecule has 254 valence electrons. The number of hydrogen-bond acceptors (Lipinski definition) is 8. The zero-order chi connectivity index (χ0) is 33.9. The summed E-state index contributed by atoms with van der Waals surface area (Å²) in [6.45, 7) is 14.5. The number of alkyl halides is 2. The maximum atomic E-state index is 13.8. The third-order valence-corrected chi connectivity index (χ3v) is 9.02. The molecule has 46 heavy (non-hydrogen) atoms. The van der Waals surface area contributed by atoms with Crippen LogP contribution in [0.4, 0.5) is 8.78 Å². The fraction of sp³-hybridized carbons (Fsp3) is 0.629. The molecule has 1 aliphatic carbocycles. The minimum Gasteiger partial charge on any atom is -0.495 e. The van der Waals surface area contributed by atoms with Crippen molar-refractivity contribution >= 4 is 17.7 Å². The number of likely N-dealkylation sites (N-methyl/N-ethyl adjacent to an activating group) is 1. The van der Waals surface area contributed by atoms with Gasteiger partial charge in [-0.15, -0.1) is 0 Å². The lowest BCUT2D eigenvalue weighted by Crippen LogP contribution is -2.46. The molecule has 1 amide bonds. The molecule has 0 aromatic heterocycles. The van der Waals surface area contributed by atoms with E-state index >= 15 is 0 Å². The fourth-order valence-corrected chi connectivity index (χ4v) is 6.13. The van der Waals surface area contributed by atoms with Crippen LogP contribution in [0, 0.1) is 29.6 Å². The molecule has 0 spiro atoms. The summed E-state index contributed by atoms with van der Waals surface area (Å²) in [5.74, 6) is 13.8. The summed E-state index contributed by atoms with van der Waals surface area (Å²) in [6.07, 6.45) is 7.92. The number of nitrogens with one attached hydrogen (secondary N) is 4. The highest BCUT2D eigenvalue weighted by atomic mass is 32.2. The zero-order valence-electron chi connectivity index (χ0n) is 28.7. The minimum absolute atomic E-state index is 0.134. The highest BCUT2D eigenvalue weighted by molar-refractivity contribution is 8.00. The van der Waals surface area contributed by atoms with E-state index < -0.39 is 18.0 Å². The first kappa shape index (κ1) is 37.5. The van der Waals surface area contributed by atoms with Crippen LogP contribution in [0.2, 0.25) is 0 Å². The quantitative estimate of drug-likeness (QED) is 0.295. The van der Waals surface area contributed by atoms with Crippen molar-refractivity contribution in [3.05, 3.63) is 46.5 Å². The lowest BCUT2D eigenvalue weighted by atomic mass is 9.90. The van der Waals surface area contributed by atoms with Gasteiger partial charge >= 0.3 is 0 Å². The second-order valence-corrected chi connectivity index (χ2v) is 12.9. The van der Waals surface area contributed by atoms with Gasteiger partial charge in [-0.1, -0.05) is 63.6 Å². The van der Waals surface area contributed by atoms with Crippen molar-refractivity contribution in [1.82, 2.24) is 31.3 Å². The number of methoxy groups -OCH3 is 1. The Bertz CT molecular complexity index is 1310. The van der Waals surface area contributed by atoms with Crippen LogP contribution in [0.3, 0.4) is 0 Å². The number of likely N-dealkylation sites (tertiary alicyclic amines) is 1. The number of piperidine rings is 1. The van der Waals surface area contributed by atoms with Crippen molar-refractivity contribution in [2.75, 3.05) is 33.8 Å². The SMILES string of the molecule is CC.CC.COC1=CNC(C(F)F)C=C1C1=C(C(=O)NC2NNC(C#CC3CC3)S2)CN(C)C(C#CC(C)(C)N2CCCCC2)=C1. The van der Waals surface area contributed by atoms with Crippen LogP contribution in [-0.2, 0) is 9.53 Å². The first-order valence-electron chi connectivity index (χ1n) is 16.6. The van der Waals surface area contributed by atoms with E-state index in [1.807, 2.05) is 45.7 Å². The van der Waals surface area contributed by atoms with Crippen LogP contribution in [0.5, 0.6) is 0 Å². The Morgan fingerprint density at radius 1 is 1.11 bits per heavy atom. The van der Waals surface area contributed by atoms with Crippen molar-refractivity contribution in [3.63, 3.8) is 0 Å². The summed E-state index contributed by atoms with van der Waals surface area (Å²) in [6, 6.07) is -1.21. The van der Waals surface area contributed by atoms with Crippen LogP contribution in [0.25, 0.3) is 0 Å². The summed E-state index contributed by atoms with van der Waals surface area (Å²) >= 11 is 1.48. The molecule has 8 nitrogen and oxygen atoms in total. The van der Waals surface area contributed by atoms with Gasteiger partial charge in [0, 0.05) is 36.9 Å². The van der Waals surface area contributed by atoms with E-state index in [2.05, 4.69) is 63.9 Å². The molecule has 4 heterocycles. The van der Waals surface area contributed by atoms with E-state index in [0.29, 0.717) is 34.1 Å². The number of carbonyl (C=O) groups excluding carboxylic acids is 1. The summed E-state index contributed by atoms with van der Waals surface area (Å²) < 4.78 is 33.1. The lowest BCUT2D eigenvalue weighted by molar-refractivity contribution is -0.118. The molecular weight excluding hydrogens is 606 g/mol. The molecule has 0 aromatic rings. The minimum atomic E-state index is -2.63. The fourth-order valence-electron chi connectivity index (χ4n) is 5.28. The molecular formula is C35H52F2N6O2S. The normalized spacial score (nSPS) is 24.6. The number of hydrazine groups is 1. The molecule has 11 heteroatoms. The van der Waals surface area contributed by atoms with Gasteiger partial charge in [0.15, 0.2) is 0 Å². The van der Waals surface area contributed by atoms with Crippen LogP contribution < -0.4 is 21.5 Å². The molecule has 4 aliphatic heterocycles. The standard InChI is InChI=1S/C31H40F2N6O2S.2C2H6/c1-31(2,39-14-6-5-7-15-39)13-12-21-16-22(23-17-25(28(32)33)34-18-26(23)41-4)24(19-38(21)3)29(40)35-30-37-36-27(42-30)11-10-20-8-9-20;2*1-2/h16-18,20,25,27-28,30,34,36-37H,5-9,14-15,19H2,1-4H3,(H,35,40);2*1-2H3. The van der Waals surface area contributed by atoms with Gasteiger partial charge in [0.2, 0.25) is 0 Å². The number of hydrogen-bond donors (Lipinski definition) is 4. The monoisotopic (exact) mass is 658 g/mol. The van der Waals surface area contributed by atoms with Gasteiger partial charge in [0.1, 0.15) is 22.7 Å². The third kappa shape index (κ3) is 10.0. The Hall–Kier alpha value is -2.96. The highest BCUT2D eigenvalue weighted by Crippen LogP contribution is 2.33. The molecule has 0 aromatic carbocycles. The average molecular weight is 659 g/mol. The maximum absolute atomic E-state index is 13.8. The number of amides is 1. The first-order valence-corrected chi connectivity index (χ1v) is 17.5. The third-order valence-electron chi connectivity index (χ3n) is 8.01. The van der Waals surface area contributed by atoms with Crippen molar-refractivity contribution in [1.29, 1.82) is 0 Å². The molecule has 0 radical (unpaired) electrons. The number of dihydropyridines is 1. The van der Waals surface area contributed by atoms with Crippen LogP contribution in [0.1, 0.15) is 73.6 Å². The van der Waals surface area contributed by atoms with Crippen LogP contribution in [-0.4, -0.2) is 78.4 Å². The Morgan fingerprint density at radius 3 is 2.43 bits per heavy atom. The number of ether oxygens (including phenoxy) is 1. The zero-order valence-corrected chi connectivity index (χ0v) is 29.5. The van der Waals surface area contributed by atoms with Crippen molar-refractivity contribution < 1.29 is 18.3 Å². The number of nitrogens with zero attached hydrogens (tertiary/aromatic N) is 2. The number of thioether (sulfide) groups is 1. The Balaban J connectivity index is 0.00000139. The van der Waals surface area contributed by atoms with E-state index in [1.54, 1.807) is 0 Å². The smallest absolute Gasteiger partial charge is 0.261 e. The number of carbonyl (C=O) groups is 1. The molecule has 5 rings (SSSR count). The number of allylic oxidation sites excluding steroid dienone is 3. The molecule has 4 N–H and O–H groups in total. The predicted molar refractivity (Wildman–Crippen MR) is 184 cm³/mol. The van der Waals surface area contributed by atoms with E-state index in [1.165, 1.54) is 37.6 Å². The van der Waals surface area contributed by atoms with Gasteiger partial charge in [0.05, 0.1) is 18.3 Å². The van der Waals surface area contributed by atoms with Gasteiger partial charge in [-0.05, 0) is 76.3 Å². The largest absolute Gasteiger partial charge is 0.495 e. The molecule has 5 aliphatic rings. The van der Waals surface area contributed by atoms with Crippen LogP contribution >= 0.6 is 11.8 Å². The number of halogens is 2. The Labute approximate surface area is 279 Å². The van der Waals surface area contributed by atoms with Gasteiger partial charge in [0.25, 0.3) is 12.3 Å². The van der Waals surface area contributed by atoms with Gasteiger partial charge in [-0.25, -0.2) is 19.6 Å². The van der Waals surface area contributed by atoms with Crippen molar-refractivity contribution in [2.24, 2.45) is 5.92 Å². The van der Waals surface area contributed by atoms with Gasteiger partial charge in [-0.3, -0.25) is 9.69 Å². The predicted octanol–water partition coefficient (Wildman–Crippen LogP) is 5.06. The summed E-state index contributed by atoms with van der Waals surface area (Å²) in [4.78, 5) is 18.1. The van der Waals surface area contributed by atoms with E-state index in [0.717, 1.165) is 38.8 Å². The highest BCUT2D eigenvalue weighted by Gasteiger charge is 2.33. The molecule has 3 atom stereocenters. The first-order chi connectivity index (χ1) is 22.1. The average Bonchev–Trinajstić information content (AvgIpc) is 3.81. The van der Waals surface area contributed by atoms with Gasteiger partial charge < -0.3 is 20.3 Å². The molecule has 1 saturated carbocycles. The molecule has 3 fully saturated rings. The maximum Gasteiger partial charge on any atom is 0.261 e. The van der Waals surface area contributed by atoms with E-state index in [-0.39, 0.29) is 23.4 Å². The van der Waals surface area contributed by atoms with Gasteiger partial charge in [-0.2, -0.15) is 0 Å². The van der Waals surface area contributed by atoms with Crippen molar-refractivity contribution in [3.8, 4) is 23.7 Å². The van der Waals surface area contributed by atoms with E-state index in [9.17, 15) is 13.6 Å². The molecule has 0 bridgehead atoms. The second kappa shape index (κ2) is 17.8. The van der Waals surface area contributed by atoms with Crippen LogP contribution in [0.15, 0.2) is 46.5 Å².